The maximum absolute atomic E-state index is 6.07. The largest absolute Gasteiger partial charge is 0.484 e. The maximum atomic E-state index is 6.07. The predicted molar refractivity (Wildman–Crippen MR) is 75.6 cm³/mol. The van der Waals surface area contributed by atoms with Gasteiger partial charge in [0.05, 0.1) is 15.4 Å². The Morgan fingerprint density at radius 3 is 2.33 bits per heavy atom. The van der Waals surface area contributed by atoms with Crippen molar-refractivity contribution >= 4 is 46.4 Å². The van der Waals surface area contributed by atoms with Gasteiger partial charge in [-0.1, -0.05) is 34.8 Å². The molecule has 6 heteroatoms. The van der Waals surface area contributed by atoms with E-state index in [1.54, 1.807) is 12.1 Å². The SMILES string of the molecule is CCOC1C(Cl)CC1Oc1c(Cl)cc(Cl)cc1Cl. The minimum Gasteiger partial charge on any atom is -0.484 e. The lowest BCUT2D eigenvalue weighted by Gasteiger charge is -2.40. The molecule has 0 aliphatic heterocycles. The van der Waals surface area contributed by atoms with Crippen LogP contribution in [-0.2, 0) is 4.74 Å². The van der Waals surface area contributed by atoms with Crippen molar-refractivity contribution in [1.29, 1.82) is 0 Å². The fourth-order valence-electron chi connectivity index (χ4n) is 1.84. The van der Waals surface area contributed by atoms with Gasteiger partial charge in [0, 0.05) is 18.1 Å². The van der Waals surface area contributed by atoms with Crippen molar-refractivity contribution < 1.29 is 9.47 Å². The Balaban J connectivity index is 2.10. The molecule has 2 nitrogen and oxygen atoms in total. The molecule has 0 bridgehead atoms. The Morgan fingerprint density at radius 2 is 1.83 bits per heavy atom. The lowest BCUT2D eigenvalue weighted by Crippen LogP contribution is -2.52. The van der Waals surface area contributed by atoms with E-state index in [0.717, 1.165) is 0 Å². The van der Waals surface area contributed by atoms with E-state index in [2.05, 4.69) is 0 Å². The van der Waals surface area contributed by atoms with Gasteiger partial charge in [-0.2, -0.15) is 0 Å². The van der Waals surface area contributed by atoms with E-state index in [1.165, 1.54) is 0 Å². The van der Waals surface area contributed by atoms with Gasteiger partial charge in [0.2, 0.25) is 0 Å². The normalized spacial score (nSPS) is 26.8. The van der Waals surface area contributed by atoms with Crippen LogP contribution in [0.5, 0.6) is 5.75 Å². The van der Waals surface area contributed by atoms with Crippen LogP contribution in [0, 0.1) is 0 Å². The van der Waals surface area contributed by atoms with E-state index in [0.29, 0.717) is 33.8 Å². The van der Waals surface area contributed by atoms with Gasteiger partial charge < -0.3 is 9.47 Å². The molecule has 0 spiro atoms. The molecule has 0 heterocycles. The molecule has 1 aromatic carbocycles. The highest BCUT2D eigenvalue weighted by atomic mass is 35.5. The molecule has 0 radical (unpaired) electrons. The van der Waals surface area contributed by atoms with Crippen molar-refractivity contribution in [3.63, 3.8) is 0 Å². The van der Waals surface area contributed by atoms with Crippen LogP contribution in [0.2, 0.25) is 15.1 Å². The Bertz CT molecular complexity index is 415. The van der Waals surface area contributed by atoms with Gasteiger partial charge in [0.25, 0.3) is 0 Å². The molecule has 1 fully saturated rings. The minimum absolute atomic E-state index is 0.0280. The average molecular weight is 330 g/mol. The summed E-state index contributed by atoms with van der Waals surface area (Å²) < 4.78 is 11.3. The standard InChI is InChI=1S/C12H12Cl4O2/c1-2-17-12-9(16)5-10(12)18-11-7(14)3-6(13)4-8(11)15/h3-4,9-10,12H,2,5H2,1H3. The van der Waals surface area contributed by atoms with E-state index in [-0.39, 0.29) is 17.6 Å². The van der Waals surface area contributed by atoms with E-state index in [4.69, 9.17) is 55.9 Å². The molecule has 0 saturated heterocycles. The van der Waals surface area contributed by atoms with Gasteiger partial charge >= 0.3 is 0 Å². The molecule has 1 aliphatic carbocycles. The van der Waals surface area contributed by atoms with E-state index < -0.39 is 0 Å². The summed E-state index contributed by atoms with van der Waals surface area (Å²) in [5, 5.41) is 1.23. The second-order valence-electron chi connectivity index (χ2n) is 4.03. The van der Waals surface area contributed by atoms with Gasteiger partial charge in [-0.3, -0.25) is 0 Å². The molecule has 0 N–H and O–H groups in total. The third-order valence-corrected chi connectivity index (χ3v) is 3.98. The zero-order valence-electron chi connectivity index (χ0n) is 9.63. The molecular weight excluding hydrogens is 318 g/mol. The number of hydrogen-bond acceptors (Lipinski definition) is 2. The van der Waals surface area contributed by atoms with E-state index >= 15 is 0 Å². The summed E-state index contributed by atoms with van der Waals surface area (Å²) in [5.41, 5.74) is 0. The van der Waals surface area contributed by atoms with Crippen molar-refractivity contribution in [2.75, 3.05) is 6.61 Å². The molecule has 100 valence electrons. The number of ether oxygens (including phenoxy) is 2. The second-order valence-corrected chi connectivity index (χ2v) is 5.84. The lowest BCUT2D eigenvalue weighted by atomic mass is 9.91. The average Bonchev–Trinajstić information content (AvgIpc) is 2.29. The van der Waals surface area contributed by atoms with E-state index in [9.17, 15) is 0 Å². The van der Waals surface area contributed by atoms with Crippen LogP contribution in [0.1, 0.15) is 13.3 Å². The van der Waals surface area contributed by atoms with Gasteiger partial charge in [-0.25, -0.2) is 0 Å². The van der Waals surface area contributed by atoms with Gasteiger partial charge in [-0.05, 0) is 19.1 Å². The van der Waals surface area contributed by atoms with E-state index in [1.807, 2.05) is 6.92 Å². The predicted octanol–water partition coefficient (Wildman–Crippen LogP) is 4.81. The monoisotopic (exact) mass is 328 g/mol. The number of hydrogen-bond donors (Lipinski definition) is 0. The Labute approximate surface area is 126 Å². The van der Waals surface area contributed by atoms with Gasteiger partial charge in [-0.15, -0.1) is 11.6 Å². The van der Waals surface area contributed by atoms with Crippen molar-refractivity contribution in [3.8, 4) is 5.75 Å². The molecule has 0 amide bonds. The van der Waals surface area contributed by atoms with Gasteiger partial charge in [0.15, 0.2) is 5.75 Å². The summed E-state index contributed by atoms with van der Waals surface area (Å²) in [6, 6.07) is 3.19. The highest BCUT2D eigenvalue weighted by Gasteiger charge is 2.43. The number of halogens is 4. The molecule has 1 aliphatic rings. The number of rotatable bonds is 4. The van der Waals surface area contributed by atoms with Crippen molar-refractivity contribution in [1.82, 2.24) is 0 Å². The quantitative estimate of drug-likeness (QED) is 0.738. The first-order valence-electron chi connectivity index (χ1n) is 5.59. The Hall–Kier alpha value is 0.140. The molecule has 2 rings (SSSR count). The highest BCUT2D eigenvalue weighted by molar-refractivity contribution is 6.40. The first-order chi connectivity index (χ1) is 8.52. The first kappa shape index (κ1) is 14.5. The first-order valence-corrected chi connectivity index (χ1v) is 7.16. The molecule has 3 atom stereocenters. The summed E-state index contributed by atoms with van der Waals surface area (Å²) in [6.45, 7) is 2.51. The maximum Gasteiger partial charge on any atom is 0.157 e. The summed E-state index contributed by atoms with van der Waals surface area (Å²) in [7, 11) is 0. The fourth-order valence-corrected chi connectivity index (χ4v) is 3.16. The molecule has 1 aromatic rings. The molecule has 0 aromatic heterocycles. The topological polar surface area (TPSA) is 18.5 Å². The highest BCUT2D eigenvalue weighted by Crippen LogP contribution is 2.40. The van der Waals surface area contributed by atoms with Crippen LogP contribution < -0.4 is 4.74 Å². The Kier molecular flexibility index (Phi) is 4.90. The van der Waals surface area contributed by atoms with Crippen LogP contribution in [0.25, 0.3) is 0 Å². The minimum atomic E-state index is -0.125. The third-order valence-electron chi connectivity index (χ3n) is 2.77. The lowest BCUT2D eigenvalue weighted by molar-refractivity contribution is -0.0758. The summed E-state index contributed by atoms with van der Waals surface area (Å²) in [5.74, 6) is 0.431. The summed E-state index contributed by atoms with van der Waals surface area (Å²) >= 11 is 24.0. The van der Waals surface area contributed by atoms with Crippen molar-refractivity contribution in [2.45, 2.75) is 30.9 Å². The fraction of sp³-hybridized carbons (Fsp3) is 0.500. The van der Waals surface area contributed by atoms with Crippen LogP contribution in [0.15, 0.2) is 12.1 Å². The number of benzene rings is 1. The molecule has 18 heavy (non-hydrogen) atoms. The number of alkyl halides is 1. The van der Waals surface area contributed by atoms with Crippen molar-refractivity contribution in [2.24, 2.45) is 0 Å². The summed E-state index contributed by atoms with van der Waals surface area (Å²) in [6.07, 6.45) is 0.463. The smallest absolute Gasteiger partial charge is 0.157 e. The van der Waals surface area contributed by atoms with Gasteiger partial charge in [0.1, 0.15) is 12.2 Å². The Morgan fingerprint density at radius 1 is 1.22 bits per heavy atom. The zero-order chi connectivity index (χ0) is 13.3. The molecular formula is C12H12Cl4O2. The second kappa shape index (κ2) is 6.06. The van der Waals surface area contributed by atoms with Crippen LogP contribution in [-0.4, -0.2) is 24.2 Å². The van der Waals surface area contributed by atoms with Crippen molar-refractivity contribution in [3.05, 3.63) is 27.2 Å². The third kappa shape index (κ3) is 3.00. The van der Waals surface area contributed by atoms with Crippen LogP contribution in [0.4, 0.5) is 0 Å². The molecule has 1 saturated carbocycles. The zero-order valence-corrected chi connectivity index (χ0v) is 12.7. The van der Waals surface area contributed by atoms with Crippen LogP contribution >= 0.6 is 46.4 Å². The summed E-state index contributed by atoms with van der Waals surface area (Å²) in [4.78, 5) is 0. The van der Waals surface area contributed by atoms with Crippen LogP contribution in [0.3, 0.4) is 0 Å². The molecule has 3 unspecified atom stereocenters.